The summed E-state index contributed by atoms with van der Waals surface area (Å²) in [6.07, 6.45) is -0.466. The average Bonchev–Trinajstić information content (AvgIpc) is 2.65. The molecule has 0 saturated carbocycles. The number of carbonyl (C=O) groups is 1. The lowest BCUT2D eigenvalue weighted by molar-refractivity contribution is -0.176. The number of nitrogens with zero attached hydrogens (tertiary/aromatic N) is 1. The van der Waals surface area contributed by atoms with Crippen LogP contribution in [0.5, 0.6) is 0 Å². The lowest BCUT2D eigenvalue weighted by Gasteiger charge is -2.37. The van der Waals surface area contributed by atoms with Crippen LogP contribution in [0.1, 0.15) is 32.6 Å². The fraction of sp³-hybridized carbons (Fsp3) is 0.882. The third-order valence-electron chi connectivity index (χ3n) is 4.85. The van der Waals surface area contributed by atoms with E-state index in [1.807, 2.05) is 6.92 Å². The van der Waals surface area contributed by atoms with Crippen molar-refractivity contribution in [3.8, 4) is 0 Å². The van der Waals surface area contributed by atoms with Gasteiger partial charge in [0, 0.05) is 25.3 Å². The number of hydrogen-bond acceptors (Lipinski definition) is 8. The maximum absolute atomic E-state index is 11.8. The third kappa shape index (κ3) is 6.03. The first-order valence-electron chi connectivity index (χ1n) is 9.17. The normalized spacial score (nSPS) is 30.2. The SMILES string of the molecule is CCOC(=O)C1CCN(C(=S)SCCC2O[C@H](CO)C[C@H](O)[C@@H]2O)CC1. The van der Waals surface area contributed by atoms with Gasteiger partial charge in [0.1, 0.15) is 10.4 Å². The van der Waals surface area contributed by atoms with E-state index in [2.05, 4.69) is 4.90 Å². The molecule has 0 bridgehead atoms. The van der Waals surface area contributed by atoms with E-state index in [-0.39, 0.29) is 24.9 Å². The van der Waals surface area contributed by atoms with Crippen molar-refractivity contribution in [2.75, 3.05) is 32.1 Å². The third-order valence-corrected chi connectivity index (χ3v) is 6.41. The smallest absolute Gasteiger partial charge is 0.309 e. The Balaban J connectivity index is 1.70. The minimum atomic E-state index is -0.938. The second kappa shape index (κ2) is 10.8. The van der Waals surface area contributed by atoms with E-state index < -0.39 is 24.4 Å². The van der Waals surface area contributed by atoms with Crippen LogP contribution in [0.25, 0.3) is 0 Å². The van der Waals surface area contributed by atoms with E-state index in [1.165, 1.54) is 11.8 Å². The van der Waals surface area contributed by atoms with Crippen molar-refractivity contribution >= 4 is 34.3 Å². The van der Waals surface area contributed by atoms with E-state index in [4.69, 9.17) is 21.7 Å². The highest BCUT2D eigenvalue weighted by molar-refractivity contribution is 8.22. The summed E-state index contributed by atoms with van der Waals surface area (Å²) in [5, 5.41) is 29.1. The molecule has 0 aromatic rings. The van der Waals surface area contributed by atoms with Crippen LogP contribution in [0, 0.1) is 5.92 Å². The van der Waals surface area contributed by atoms with Gasteiger partial charge in [-0.15, -0.1) is 0 Å². The molecule has 0 radical (unpaired) electrons. The van der Waals surface area contributed by atoms with Gasteiger partial charge < -0.3 is 29.7 Å². The van der Waals surface area contributed by atoms with Gasteiger partial charge in [-0.05, 0) is 26.2 Å². The topological polar surface area (TPSA) is 99.5 Å². The summed E-state index contributed by atoms with van der Waals surface area (Å²) in [7, 11) is 0. The number of thiocarbonyl (C=S) groups is 1. The van der Waals surface area contributed by atoms with Crippen molar-refractivity contribution in [3.05, 3.63) is 0 Å². The molecule has 0 aromatic heterocycles. The summed E-state index contributed by atoms with van der Waals surface area (Å²) < 4.78 is 11.5. The highest BCUT2D eigenvalue weighted by atomic mass is 32.2. The van der Waals surface area contributed by atoms with Gasteiger partial charge in [-0.2, -0.15) is 0 Å². The number of aliphatic hydroxyl groups excluding tert-OH is 3. The molecule has 4 atom stereocenters. The maximum Gasteiger partial charge on any atom is 0.309 e. The van der Waals surface area contributed by atoms with Gasteiger partial charge >= 0.3 is 5.97 Å². The zero-order valence-corrected chi connectivity index (χ0v) is 16.7. The molecule has 0 spiro atoms. The van der Waals surface area contributed by atoms with E-state index in [0.29, 0.717) is 18.8 Å². The molecule has 2 aliphatic heterocycles. The van der Waals surface area contributed by atoms with Crippen LogP contribution in [-0.2, 0) is 14.3 Å². The Morgan fingerprint density at radius 3 is 2.65 bits per heavy atom. The van der Waals surface area contributed by atoms with Crippen LogP contribution in [-0.4, -0.2) is 87.0 Å². The fourth-order valence-corrected chi connectivity index (χ4v) is 4.63. The van der Waals surface area contributed by atoms with Crippen LogP contribution in [0.2, 0.25) is 0 Å². The summed E-state index contributed by atoms with van der Waals surface area (Å²) in [6.45, 7) is 3.54. The minimum Gasteiger partial charge on any atom is -0.466 e. The predicted molar refractivity (Wildman–Crippen MR) is 103 cm³/mol. The Labute approximate surface area is 164 Å². The number of thioether (sulfide) groups is 1. The molecule has 2 fully saturated rings. The Morgan fingerprint density at radius 2 is 2.04 bits per heavy atom. The number of likely N-dealkylation sites (tertiary alicyclic amines) is 1. The molecule has 0 aromatic carbocycles. The van der Waals surface area contributed by atoms with Crippen LogP contribution in [0.15, 0.2) is 0 Å². The largest absolute Gasteiger partial charge is 0.466 e. The fourth-order valence-electron chi connectivity index (χ4n) is 3.31. The van der Waals surface area contributed by atoms with E-state index in [9.17, 15) is 20.1 Å². The molecule has 150 valence electrons. The van der Waals surface area contributed by atoms with Crippen LogP contribution >= 0.6 is 24.0 Å². The van der Waals surface area contributed by atoms with Crippen molar-refractivity contribution in [1.82, 2.24) is 4.90 Å². The molecule has 7 nitrogen and oxygen atoms in total. The summed E-state index contributed by atoms with van der Waals surface area (Å²) in [5.41, 5.74) is 0. The maximum atomic E-state index is 11.8. The lowest BCUT2D eigenvalue weighted by Crippen LogP contribution is -2.49. The van der Waals surface area contributed by atoms with E-state index in [0.717, 1.165) is 30.3 Å². The summed E-state index contributed by atoms with van der Waals surface area (Å²) in [4.78, 5) is 13.9. The van der Waals surface area contributed by atoms with Gasteiger partial charge in [0.25, 0.3) is 0 Å². The van der Waals surface area contributed by atoms with Gasteiger partial charge in [-0.1, -0.05) is 24.0 Å². The number of esters is 1. The first-order valence-corrected chi connectivity index (χ1v) is 10.6. The second-order valence-electron chi connectivity index (χ2n) is 6.69. The van der Waals surface area contributed by atoms with Crippen molar-refractivity contribution < 1.29 is 29.6 Å². The molecule has 9 heteroatoms. The molecule has 0 aliphatic carbocycles. The summed E-state index contributed by atoms with van der Waals surface area (Å²) in [6, 6.07) is 0. The summed E-state index contributed by atoms with van der Waals surface area (Å²) in [5.74, 6) is 0.497. The Morgan fingerprint density at radius 1 is 1.35 bits per heavy atom. The van der Waals surface area contributed by atoms with Crippen molar-refractivity contribution in [2.24, 2.45) is 5.92 Å². The monoisotopic (exact) mass is 407 g/mol. The lowest BCUT2D eigenvalue weighted by atomic mass is 9.97. The highest BCUT2D eigenvalue weighted by Gasteiger charge is 2.36. The average molecular weight is 408 g/mol. The molecule has 3 N–H and O–H groups in total. The standard InChI is InChI=1S/C17H29NO6S2/c1-2-23-16(22)11-3-6-18(7-4-11)17(25)26-8-5-14-15(21)13(20)9-12(10-19)24-14/h11-15,19-21H,2-10H2,1H3/t12-,13-,14?,15-/m0/s1. The summed E-state index contributed by atoms with van der Waals surface area (Å²) >= 11 is 6.99. The molecule has 2 aliphatic rings. The molecule has 2 rings (SSSR count). The number of piperidine rings is 1. The van der Waals surface area contributed by atoms with Gasteiger partial charge in [0.15, 0.2) is 0 Å². The minimum absolute atomic E-state index is 0.0401. The molecule has 0 amide bonds. The highest BCUT2D eigenvalue weighted by Crippen LogP contribution is 2.26. The molecule has 2 heterocycles. The number of rotatable bonds is 6. The van der Waals surface area contributed by atoms with Gasteiger partial charge in [-0.3, -0.25) is 4.79 Å². The molecular formula is C17H29NO6S2. The number of aliphatic hydroxyl groups is 3. The van der Waals surface area contributed by atoms with Gasteiger partial charge in [0.05, 0.1) is 37.4 Å². The zero-order chi connectivity index (χ0) is 19.1. The van der Waals surface area contributed by atoms with Crippen LogP contribution in [0.4, 0.5) is 0 Å². The van der Waals surface area contributed by atoms with Crippen LogP contribution in [0.3, 0.4) is 0 Å². The predicted octanol–water partition coefficient (Wildman–Crippen LogP) is 0.541. The van der Waals surface area contributed by atoms with Crippen LogP contribution < -0.4 is 0 Å². The van der Waals surface area contributed by atoms with Gasteiger partial charge in [0.2, 0.25) is 0 Å². The van der Waals surface area contributed by atoms with Crippen molar-refractivity contribution in [3.63, 3.8) is 0 Å². The first kappa shape index (κ1) is 21.8. The zero-order valence-electron chi connectivity index (χ0n) is 15.1. The molecule has 2 saturated heterocycles. The number of hydrogen-bond donors (Lipinski definition) is 3. The van der Waals surface area contributed by atoms with E-state index >= 15 is 0 Å². The second-order valence-corrected chi connectivity index (χ2v) is 8.42. The molecule has 1 unspecified atom stereocenters. The quantitative estimate of drug-likeness (QED) is 0.430. The molecule has 26 heavy (non-hydrogen) atoms. The first-order chi connectivity index (χ1) is 12.5. The van der Waals surface area contributed by atoms with Gasteiger partial charge in [-0.25, -0.2) is 0 Å². The van der Waals surface area contributed by atoms with Crippen molar-refractivity contribution in [1.29, 1.82) is 0 Å². The number of ether oxygens (including phenoxy) is 2. The molecular weight excluding hydrogens is 378 g/mol. The Kier molecular flexibility index (Phi) is 9.05. The number of carbonyl (C=O) groups excluding carboxylic acids is 1. The Hall–Kier alpha value is -0.450. The Bertz CT molecular complexity index is 472. The van der Waals surface area contributed by atoms with E-state index in [1.54, 1.807) is 0 Å². The van der Waals surface area contributed by atoms with Crippen molar-refractivity contribution in [2.45, 2.75) is 57.0 Å².